The number of pyridine rings is 1. The molecule has 0 aromatic carbocycles. The van der Waals surface area contributed by atoms with Crippen LogP contribution in [0.3, 0.4) is 0 Å². The van der Waals surface area contributed by atoms with Crippen LogP contribution in [0.15, 0.2) is 24.5 Å². The number of carbonyl (C=O) groups excluding carboxylic acids is 3. The molecule has 1 aromatic rings. The third-order valence-corrected chi connectivity index (χ3v) is 5.29. The molecule has 7 nitrogen and oxygen atoms in total. The molecule has 0 saturated carbocycles. The van der Waals surface area contributed by atoms with Crippen molar-refractivity contribution >= 4 is 17.7 Å². The molecule has 2 atom stereocenters. The Morgan fingerprint density at radius 1 is 1.46 bits per heavy atom. The van der Waals surface area contributed by atoms with Crippen LogP contribution in [0.2, 0.25) is 0 Å². The quantitative estimate of drug-likeness (QED) is 0.802. The van der Waals surface area contributed by atoms with E-state index >= 15 is 0 Å². The van der Waals surface area contributed by atoms with Crippen LogP contribution in [-0.2, 0) is 20.8 Å². The first-order chi connectivity index (χ1) is 12.4. The molecule has 3 amide bonds. The van der Waals surface area contributed by atoms with Crippen molar-refractivity contribution in [3.05, 3.63) is 30.1 Å². The molecule has 140 valence electrons. The van der Waals surface area contributed by atoms with Crippen LogP contribution in [0, 0.1) is 11.3 Å². The predicted molar refractivity (Wildman–Crippen MR) is 96.0 cm³/mol. The minimum Gasteiger partial charge on any atom is -0.354 e. The van der Waals surface area contributed by atoms with Crippen LogP contribution in [0.4, 0.5) is 0 Å². The Balaban J connectivity index is 1.53. The molecular weight excluding hydrogens is 332 g/mol. The molecule has 0 radical (unpaired) electrons. The Labute approximate surface area is 153 Å². The number of aromatic nitrogens is 1. The fourth-order valence-corrected chi connectivity index (χ4v) is 3.78. The molecule has 3 heterocycles. The van der Waals surface area contributed by atoms with Crippen molar-refractivity contribution in [2.24, 2.45) is 11.3 Å². The summed E-state index contributed by atoms with van der Waals surface area (Å²) in [6, 6.07) is 3.30. The normalized spacial score (nSPS) is 25.0. The summed E-state index contributed by atoms with van der Waals surface area (Å²) < 4.78 is 0. The van der Waals surface area contributed by atoms with Gasteiger partial charge >= 0.3 is 0 Å². The fourth-order valence-electron chi connectivity index (χ4n) is 3.78. The monoisotopic (exact) mass is 358 g/mol. The Morgan fingerprint density at radius 3 is 2.96 bits per heavy atom. The zero-order valence-electron chi connectivity index (χ0n) is 15.3. The third kappa shape index (κ3) is 3.71. The number of amides is 3. The van der Waals surface area contributed by atoms with Crippen LogP contribution in [-0.4, -0.2) is 53.3 Å². The van der Waals surface area contributed by atoms with Gasteiger partial charge in [0, 0.05) is 37.9 Å². The van der Waals surface area contributed by atoms with Crippen molar-refractivity contribution in [3.8, 4) is 0 Å². The number of rotatable bonds is 5. The van der Waals surface area contributed by atoms with Gasteiger partial charge in [0.25, 0.3) is 0 Å². The van der Waals surface area contributed by atoms with Crippen molar-refractivity contribution in [1.82, 2.24) is 20.5 Å². The average Bonchev–Trinajstić information content (AvgIpc) is 3.20. The van der Waals surface area contributed by atoms with Gasteiger partial charge in [0.05, 0.1) is 5.41 Å². The van der Waals surface area contributed by atoms with Gasteiger partial charge in [-0.3, -0.25) is 19.4 Å². The first-order valence-electron chi connectivity index (χ1n) is 9.18. The lowest BCUT2D eigenvalue weighted by molar-refractivity contribution is -0.134. The molecule has 0 unspecified atom stereocenters. The smallest absolute Gasteiger partial charge is 0.242 e. The van der Waals surface area contributed by atoms with Crippen molar-refractivity contribution in [2.75, 3.05) is 19.6 Å². The number of nitrogens with one attached hydrogen (secondary N) is 2. The highest BCUT2D eigenvalue weighted by molar-refractivity contribution is 5.95. The van der Waals surface area contributed by atoms with E-state index in [1.807, 2.05) is 26.0 Å². The van der Waals surface area contributed by atoms with Gasteiger partial charge in [-0.2, -0.15) is 0 Å². The fraction of sp³-hybridized carbons (Fsp3) is 0.579. The highest BCUT2D eigenvalue weighted by Crippen LogP contribution is 2.39. The highest BCUT2D eigenvalue weighted by atomic mass is 16.2. The molecule has 2 fully saturated rings. The Bertz CT molecular complexity index is 691. The second-order valence-electron chi connectivity index (χ2n) is 7.58. The van der Waals surface area contributed by atoms with E-state index in [1.54, 1.807) is 17.3 Å². The summed E-state index contributed by atoms with van der Waals surface area (Å²) >= 11 is 0. The SMILES string of the molecule is CC(C)C(=O)N1CC[C@]2(C[C@@H](C(=O)NCCc3cccnc3)NC2=O)C1. The molecule has 7 heteroatoms. The third-order valence-electron chi connectivity index (χ3n) is 5.29. The van der Waals surface area contributed by atoms with Crippen molar-refractivity contribution in [1.29, 1.82) is 0 Å². The van der Waals surface area contributed by atoms with E-state index in [-0.39, 0.29) is 23.6 Å². The van der Waals surface area contributed by atoms with E-state index in [9.17, 15) is 14.4 Å². The van der Waals surface area contributed by atoms with E-state index in [4.69, 9.17) is 0 Å². The second kappa shape index (κ2) is 7.43. The van der Waals surface area contributed by atoms with Crippen LogP contribution in [0.25, 0.3) is 0 Å². The minimum atomic E-state index is -0.615. The number of hydrogen-bond acceptors (Lipinski definition) is 4. The molecule has 1 spiro atoms. The molecule has 2 aliphatic heterocycles. The molecule has 2 aliphatic rings. The molecule has 26 heavy (non-hydrogen) atoms. The van der Waals surface area contributed by atoms with Gasteiger partial charge in [0.1, 0.15) is 6.04 Å². The Kier molecular flexibility index (Phi) is 5.25. The molecule has 2 N–H and O–H groups in total. The first kappa shape index (κ1) is 18.4. The van der Waals surface area contributed by atoms with Gasteiger partial charge in [-0.15, -0.1) is 0 Å². The van der Waals surface area contributed by atoms with Crippen molar-refractivity contribution in [3.63, 3.8) is 0 Å². The summed E-state index contributed by atoms with van der Waals surface area (Å²) in [7, 11) is 0. The maximum Gasteiger partial charge on any atom is 0.242 e. The lowest BCUT2D eigenvalue weighted by atomic mass is 9.84. The largest absolute Gasteiger partial charge is 0.354 e. The zero-order valence-corrected chi connectivity index (χ0v) is 15.3. The summed E-state index contributed by atoms with van der Waals surface area (Å²) in [5.74, 6) is -0.281. The molecule has 1 aromatic heterocycles. The summed E-state index contributed by atoms with van der Waals surface area (Å²) in [6.07, 6.45) is 5.26. The zero-order chi connectivity index (χ0) is 18.7. The summed E-state index contributed by atoms with van der Waals surface area (Å²) in [4.78, 5) is 42.9. The molecule has 3 rings (SSSR count). The van der Waals surface area contributed by atoms with Crippen LogP contribution >= 0.6 is 0 Å². The summed E-state index contributed by atoms with van der Waals surface area (Å²) in [6.45, 7) is 5.22. The van der Waals surface area contributed by atoms with Gasteiger partial charge in [-0.05, 0) is 30.9 Å². The van der Waals surface area contributed by atoms with Gasteiger partial charge in [0.2, 0.25) is 17.7 Å². The maximum atomic E-state index is 12.5. The molecule has 0 bridgehead atoms. The van der Waals surface area contributed by atoms with E-state index in [0.29, 0.717) is 38.9 Å². The maximum absolute atomic E-state index is 12.5. The van der Waals surface area contributed by atoms with Gasteiger partial charge in [-0.25, -0.2) is 0 Å². The topological polar surface area (TPSA) is 91.4 Å². The van der Waals surface area contributed by atoms with E-state index < -0.39 is 11.5 Å². The lowest BCUT2D eigenvalue weighted by Gasteiger charge is -2.22. The molecule has 2 saturated heterocycles. The Hall–Kier alpha value is -2.44. The van der Waals surface area contributed by atoms with Crippen LogP contribution in [0.5, 0.6) is 0 Å². The van der Waals surface area contributed by atoms with Gasteiger partial charge in [0.15, 0.2) is 0 Å². The number of carbonyl (C=O) groups is 3. The van der Waals surface area contributed by atoms with Crippen molar-refractivity contribution in [2.45, 2.75) is 39.2 Å². The van der Waals surface area contributed by atoms with E-state index in [0.717, 1.165) is 5.56 Å². The Morgan fingerprint density at radius 2 is 2.27 bits per heavy atom. The number of likely N-dealkylation sites (tertiary alicyclic amines) is 1. The summed E-state index contributed by atoms with van der Waals surface area (Å²) in [5, 5.41) is 5.71. The van der Waals surface area contributed by atoms with E-state index in [2.05, 4.69) is 15.6 Å². The first-order valence-corrected chi connectivity index (χ1v) is 9.18. The molecule has 0 aliphatic carbocycles. The lowest BCUT2D eigenvalue weighted by Crippen LogP contribution is -2.42. The van der Waals surface area contributed by atoms with Gasteiger partial charge in [-0.1, -0.05) is 19.9 Å². The predicted octanol–water partition coefficient (Wildman–Crippen LogP) is 0.504. The number of hydrogen-bond donors (Lipinski definition) is 2. The highest BCUT2D eigenvalue weighted by Gasteiger charge is 2.53. The van der Waals surface area contributed by atoms with E-state index in [1.165, 1.54) is 0 Å². The van der Waals surface area contributed by atoms with Gasteiger partial charge < -0.3 is 15.5 Å². The van der Waals surface area contributed by atoms with Crippen molar-refractivity contribution < 1.29 is 14.4 Å². The summed E-state index contributed by atoms with van der Waals surface area (Å²) in [5.41, 5.74) is 0.439. The second-order valence-corrected chi connectivity index (χ2v) is 7.58. The van der Waals surface area contributed by atoms with Crippen LogP contribution < -0.4 is 10.6 Å². The number of nitrogens with zero attached hydrogens (tertiary/aromatic N) is 2. The average molecular weight is 358 g/mol. The van der Waals surface area contributed by atoms with Crippen LogP contribution in [0.1, 0.15) is 32.3 Å². The molecular formula is C19H26N4O3. The minimum absolute atomic E-state index is 0.0686. The standard InChI is InChI=1S/C19H26N4O3/c1-13(2)17(25)23-9-6-19(12-23)10-15(22-18(19)26)16(24)21-8-5-14-4-3-7-20-11-14/h3-4,7,11,13,15H,5-6,8-10,12H2,1-2H3,(H,21,24)(H,22,26)/t15-,19-/m0/s1.